The van der Waals surface area contributed by atoms with Crippen LogP contribution in [0.15, 0.2) is 0 Å². The lowest BCUT2D eigenvalue weighted by Crippen LogP contribution is -2.49. The molecule has 0 radical (unpaired) electrons. The van der Waals surface area contributed by atoms with E-state index in [9.17, 15) is 18.0 Å². The van der Waals surface area contributed by atoms with E-state index in [1.807, 2.05) is 13.8 Å². The van der Waals surface area contributed by atoms with E-state index in [1.165, 1.54) is 4.90 Å². The van der Waals surface area contributed by atoms with Gasteiger partial charge in [0.1, 0.15) is 0 Å². The first-order valence-electron chi connectivity index (χ1n) is 6.25. The van der Waals surface area contributed by atoms with Crippen molar-refractivity contribution in [2.45, 2.75) is 39.2 Å². The lowest BCUT2D eigenvalue weighted by molar-refractivity contribution is -0.148. The van der Waals surface area contributed by atoms with Gasteiger partial charge in [0.25, 0.3) is 0 Å². The molecule has 0 aliphatic carbocycles. The molecule has 1 aliphatic rings. The monoisotopic (exact) mass is 327 g/mol. The minimum atomic E-state index is -4.54. The van der Waals surface area contributed by atoms with Gasteiger partial charge < -0.3 is 15.2 Å². The van der Waals surface area contributed by atoms with Crippen LogP contribution in [-0.2, 0) is 24.1 Å². The molecular weight excluding hydrogens is 311 g/mol. The minimum absolute atomic E-state index is 0. The quantitative estimate of drug-likeness (QED) is 0.880. The van der Waals surface area contributed by atoms with Crippen molar-refractivity contribution in [3.05, 3.63) is 11.6 Å². The fraction of sp³-hybridized carbons (Fsp3) is 0.727. The van der Waals surface area contributed by atoms with E-state index in [0.29, 0.717) is 0 Å². The van der Waals surface area contributed by atoms with Crippen LogP contribution >= 0.6 is 12.4 Å². The summed E-state index contributed by atoms with van der Waals surface area (Å²) in [6.07, 6.45) is -4.54. The largest absolute Gasteiger partial charge is 0.451 e. The Morgan fingerprint density at radius 2 is 1.90 bits per heavy atom. The van der Waals surface area contributed by atoms with Gasteiger partial charge in [-0.25, -0.2) is 0 Å². The number of nitrogens with two attached hydrogens (primary N) is 1. The van der Waals surface area contributed by atoms with Crippen LogP contribution in [0, 0.1) is 5.92 Å². The van der Waals surface area contributed by atoms with Gasteiger partial charge in [0.2, 0.25) is 11.7 Å². The summed E-state index contributed by atoms with van der Waals surface area (Å²) in [5, 5.41) is 6.68. The number of carbonyl (C=O) groups is 1. The van der Waals surface area contributed by atoms with Crippen LogP contribution in [0.25, 0.3) is 0 Å². The molecule has 0 aromatic carbocycles. The second-order valence-electron chi connectivity index (χ2n) is 5.12. The number of hydrogen-bond donors (Lipinski definition) is 1. The third kappa shape index (κ3) is 3.46. The SMILES string of the molecule is CC(C)[C@H](N)C(=O)N1CCn2c(nnc2C(F)(F)F)C1.Cl. The summed E-state index contributed by atoms with van der Waals surface area (Å²) < 4.78 is 39.0. The van der Waals surface area contributed by atoms with Crippen LogP contribution in [-0.4, -0.2) is 38.2 Å². The van der Waals surface area contributed by atoms with Gasteiger partial charge in [0.05, 0.1) is 12.6 Å². The molecule has 21 heavy (non-hydrogen) atoms. The first kappa shape index (κ1) is 17.7. The van der Waals surface area contributed by atoms with E-state index >= 15 is 0 Å². The molecule has 120 valence electrons. The van der Waals surface area contributed by atoms with Crippen LogP contribution in [0.5, 0.6) is 0 Å². The lowest BCUT2D eigenvalue weighted by atomic mass is 10.0. The number of amides is 1. The number of alkyl halides is 3. The van der Waals surface area contributed by atoms with Crippen LogP contribution in [0.4, 0.5) is 13.2 Å². The van der Waals surface area contributed by atoms with Crippen molar-refractivity contribution in [1.82, 2.24) is 19.7 Å². The first-order valence-corrected chi connectivity index (χ1v) is 6.25. The topological polar surface area (TPSA) is 77.0 Å². The molecule has 1 amide bonds. The number of fused-ring (bicyclic) bond motifs is 1. The lowest BCUT2D eigenvalue weighted by Gasteiger charge is -2.31. The molecule has 0 saturated heterocycles. The number of halogens is 4. The Bertz CT molecular complexity index is 516. The van der Waals surface area contributed by atoms with Crippen molar-refractivity contribution >= 4 is 18.3 Å². The molecule has 0 bridgehead atoms. The highest BCUT2D eigenvalue weighted by Crippen LogP contribution is 2.29. The van der Waals surface area contributed by atoms with Crippen molar-refractivity contribution in [3.8, 4) is 0 Å². The van der Waals surface area contributed by atoms with Gasteiger partial charge in [-0.05, 0) is 5.92 Å². The summed E-state index contributed by atoms with van der Waals surface area (Å²) in [5.41, 5.74) is 5.77. The zero-order valence-corrected chi connectivity index (χ0v) is 12.4. The normalized spacial score (nSPS) is 16.4. The van der Waals surface area contributed by atoms with Crippen molar-refractivity contribution in [3.63, 3.8) is 0 Å². The Morgan fingerprint density at radius 1 is 1.29 bits per heavy atom. The molecule has 0 unspecified atom stereocenters. The summed E-state index contributed by atoms with van der Waals surface area (Å²) in [6.45, 7) is 3.83. The molecule has 6 nitrogen and oxygen atoms in total. The second-order valence-corrected chi connectivity index (χ2v) is 5.12. The highest BCUT2D eigenvalue weighted by atomic mass is 35.5. The Labute approximate surface area is 125 Å². The third-order valence-electron chi connectivity index (χ3n) is 3.32. The number of hydrogen-bond acceptors (Lipinski definition) is 4. The highest BCUT2D eigenvalue weighted by molar-refractivity contribution is 5.85. The van der Waals surface area contributed by atoms with Gasteiger partial charge in [0.15, 0.2) is 5.82 Å². The number of nitrogens with zero attached hydrogens (tertiary/aromatic N) is 4. The molecule has 0 saturated carbocycles. The molecule has 0 fully saturated rings. The summed E-state index contributed by atoms with van der Waals surface area (Å²) >= 11 is 0. The van der Waals surface area contributed by atoms with Crippen molar-refractivity contribution in [2.75, 3.05) is 6.54 Å². The van der Waals surface area contributed by atoms with Gasteiger partial charge in [-0.15, -0.1) is 22.6 Å². The van der Waals surface area contributed by atoms with E-state index in [1.54, 1.807) is 0 Å². The molecular formula is C11H17ClF3N5O. The Hall–Kier alpha value is -1.35. The molecule has 0 spiro atoms. The predicted molar refractivity (Wildman–Crippen MR) is 70.5 cm³/mol. The molecule has 1 aromatic heterocycles. The molecule has 10 heteroatoms. The zero-order chi connectivity index (χ0) is 15.1. The second kappa shape index (κ2) is 6.18. The average molecular weight is 328 g/mol. The smallest absolute Gasteiger partial charge is 0.332 e. The fourth-order valence-electron chi connectivity index (χ4n) is 2.05. The Kier molecular flexibility index (Phi) is 5.21. The van der Waals surface area contributed by atoms with Gasteiger partial charge in [-0.1, -0.05) is 13.8 Å². The van der Waals surface area contributed by atoms with Crippen molar-refractivity contribution < 1.29 is 18.0 Å². The number of carbonyl (C=O) groups excluding carboxylic acids is 1. The van der Waals surface area contributed by atoms with Crippen molar-refractivity contribution in [1.29, 1.82) is 0 Å². The molecule has 2 rings (SSSR count). The minimum Gasteiger partial charge on any atom is -0.332 e. The molecule has 1 atom stereocenters. The molecule has 1 aromatic rings. The van der Waals surface area contributed by atoms with Crippen LogP contribution in [0.2, 0.25) is 0 Å². The summed E-state index contributed by atoms with van der Waals surface area (Å²) in [6, 6.07) is -0.661. The first-order chi connectivity index (χ1) is 9.21. The maximum atomic E-state index is 12.7. The maximum absolute atomic E-state index is 12.7. The Balaban J connectivity index is 0.00000220. The van der Waals surface area contributed by atoms with Crippen LogP contribution in [0.1, 0.15) is 25.5 Å². The Morgan fingerprint density at radius 3 is 2.43 bits per heavy atom. The third-order valence-corrected chi connectivity index (χ3v) is 3.32. The van der Waals surface area contributed by atoms with E-state index in [4.69, 9.17) is 5.73 Å². The molecule has 1 aliphatic heterocycles. The van der Waals surface area contributed by atoms with E-state index in [0.717, 1.165) is 4.57 Å². The van der Waals surface area contributed by atoms with Crippen LogP contribution < -0.4 is 5.73 Å². The van der Waals surface area contributed by atoms with Gasteiger partial charge in [0, 0.05) is 13.1 Å². The van der Waals surface area contributed by atoms with Crippen molar-refractivity contribution in [2.24, 2.45) is 11.7 Å². The molecule has 2 N–H and O–H groups in total. The number of rotatable bonds is 2. The summed E-state index contributed by atoms with van der Waals surface area (Å²) in [5.74, 6) is -1.20. The average Bonchev–Trinajstić information content (AvgIpc) is 2.79. The van der Waals surface area contributed by atoms with E-state index in [2.05, 4.69) is 10.2 Å². The summed E-state index contributed by atoms with van der Waals surface area (Å²) in [7, 11) is 0. The van der Waals surface area contributed by atoms with Crippen LogP contribution in [0.3, 0.4) is 0 Å². The van der Waals surface area contributed by atoms with Gasteiger partial charge >= 0.3 is 6.18 Å². The maximum Gasteiger partial charge on any atom is 0.451 e. The van der Waals surface area contributed by atoms with E-state index in [-0.39, 0.29) is 49.7 Å². The number of aromatic nitrogens is 3. The highest BCUT2D eigenvalue weighted by Gasteiger charge is 2.40. The van der Waals surface area contributed by atoms with Gasteiger partial charge in [-0.2, -0.15) is 13.2 Å². The zero-order valence-electron chi connectivity index (χ0n) is 11.6. The molecule has 2 heterocycles. The van der Waals surface area contributed by atoms with Gasteiger partial charge in [-0.3, -0.25) is 4.79 Å². The standard InChI is InChI=1S/C11H16F3N5O.ClH/c1-6(2)8(15)9(20)18-3-4-19-7(5-18)16-17-10(19)11(12,13)14;/h6,8H,3-5,15H2,1-2H3;1H/t8-;/m0./s1. The fourth-order valence-corrected chi connectivity index (χ4v) is 2.05. The van der Waals surface area contributed by atoms with E-state index < -0.39 is 18.0 Å². The summed E-state index contributed by atoms with van der Waals surface area (Å²) in [4.78, 5) is 13.5. The predicted octanol–water partition coefficient (Wildman–Crippen LogP) is 1.04.